The van der Waals surface area contributed by atoms with Gasteiger partial charge in [0, 0.05) is 18.9 Å². The quantitative estimate of drug-likeness (QED) is 0.693. The van der Waals surface area contributed by atoms with Gasteiger partial charge in [0.15, 0.2) is 0 Å². The van der Waals surface area contributed by atoms with E-state index >= 15 is 0 Å². The number of benzene rings is 2. The van der Waals surface area contributed by atoms with Crippen LogP contribution in [-0.2, 0) is 0 Å². The van der Waals surface area contributed by atoms with E-state index in [9.17, 15) is 0 Å². The van der Waals surface area contributed by atoms with Crippen molar-refractivity contribution < 1.29 is 0 Å². The lowest BCUT2D eigenvalue weighted by molar-refractivity contribution is 1.48. The number of aliphatic imine (C=N–C) groups is 2. The topological polar surface area (TPSA) is 24.7 Å². The van der Waals surface area contributed by atoms with Gasteiger partial charge >= 0.3 is 0 Å². The van der Waals surface area contributed by atoms with E-state index in [2.05, 4.69) is 9.98 Å². The van der Waals surface area contributed by atoms with Crippen molar-refractivity contribution in [3.63, 3.8) is 0 Å². The molecule has 0 radical (unpaired) electrons. The van der Waals surface area contributed by atoms with Crippen LogP contribution in [0.15, 0.2) is 70.6 Å². The predicted octanol–water partition coefficient (Wildman–Crippen LogP) is 4.18. The van der Waals surface area contributed by atoms with Crippen molar-refractivity contribution >= 4 is 23.8 Å². The summed E-state index contributed by atoms with van der Waals surface area (Å²) in [5.41, 5.74) is 1.95. The highest BCUT2D eigenvalue weighted by atomic mass is 14.7. The summed E-state index contributed by atoms with van der Waals surface area (Å²) in [5.74, 6) is 0. The molecule has 0 unspecified atom stereocenters. The summed E-state index contributed by atoms with van der Waals surface area (Å²) in [7, 11) is 0. The molecule has 0 amide bonds. The van der Waals surface area contributed by atoms with Gasteiger partial charge in [0.25, 0.3) is 0 Å². The first-order chi connectivity index (χ1) is 8.45. The zero-order chi connectivity index (χ0) is 11.8. The SMILES string of the molecule is C(/C/C=N/c1ccccc1)=N\c1ccccc1. The van der Waals surface area contributed by atoms with Crippen LogP contribution >= 0.6 is 0 Å². The Morgan fingerprint density at radius 3 is 1.47 bits per heavy atom. The molecule has 84 valence electrons. The Balaban J connectivity index is 1.84. The van der Waals surface area contributed by atoms with Crippen LogP contribution in [-0.4, -0.2) is 12.4 Å². The molecular formula is C15H14N2. The molecule has 2 nitrogen and oxygen atoms in total. The molecule has 2 aromatic carbocycles. The molecule has 2 heteroatoms. The van der Waals surface area contributed by atoms with Crippen molar-refractivity contribution in [3.8, 4) is 0 Å². The minimum absolute atomic E-state index is 0.740. The minimum Gasteiger partial charge on any atom is -0.261 e. The standard InChI is InChI=1S/C15H14N2/c1-3-8-14(9-4-1)16-12-7-13-17-15-10-5-2-6-11-15/h1-6,8-13H,7H2/b16-12+,17-13+. The highest BCUT2D eigenvalue weighted by molar-refractivity contribution is 5.82. The van der Waals surface area contributed by atoms with Crippen LogP contribution in [0.2, 0.25) is 0 Å². The second-order valence-electron chi connectivity index (χ2n) is 3.53. The van der Waals surface area contributed by atoms with Gasteiger partial charge in [-0.2, -0.15) is 0 Å². The fraction of sp³-hybridized carbons (Fsp3) is 0.0667. The smallest absolute Gasteiger partial charge is 0.0625 e. The molecule has 0 spiro atoms. The third-order valence-electron chi connectivity index (χ3n) is 2.20. The van der Waals surface area contributed by atoms with Gasteiger partial charge in [0.05, 0.1) is 11.4 Å². The largest absolute Gasteiger partial charge is 0.261 e. The van der Waals surface area contributed by atoms with Gasteiger partial charge in [-0.3, -0.25) is 9.98 Å². The second kappa shape index (κ2) is 6.38. The van der Waals surface area contributed by atoms with E-state index in [-0.39, 0.29) is 0 Å². The lowest BCUT2D eigenvalue weighted by Crippen LogP contribution is -1.76. The van der Waals surface area contributed by atoms with Gasteiger partial charge in [-0.25, -0.2) is 0 Å². The van der Waals surface area contributed by atoms with E-state index in [1.807, 2.05) is 73.1 Å². The maximum atomic E-state index is 4.32. The Morgan fingerprint density at radius 1 is 0.647 bits per heavy atom. The van der Waals surface area contributed by atoms with Crippen LogP contribution < -0.4 is 0 Å². The molecule has 0 aromatic heterocycles. The summed E-state index contributed by atoms with van der Waals surface area (Å²) in [6.07, 6.45) is 4.47. The summed E-state index contributed by atoms with van der Waals surface area (Å²) in [4.78, 5) is 8.64. The first-order valence-electron chi connectivity index (χ1n) is 5.60. The maximum Gasteiger partial charge on any atom is 0.0625 e. The van der Waals surface area contributed by atoms with E-state index in [0.29, 0.717) is 0 Å². The Morgan fingerprint density at radius 2 is 1.06 bits per heavy atom. The van der Waals surface area contributed by atoms with Gasteiger partial charge in [0.2, 0.25) is 0 Å². The van der Waals surface area contributed by atoms with Crippen LogP contribution in [0.25, 0.3) is 0 Å². The number of para-hydroxylation sites is 2. The molecule has 0 saturated heterocycles. The molecule has 0 N–H and O–H groups in total. The van der Waals surface area contributed by atoms with E-state index in [4.69, 9.17) is 0 Å². The van der Waals surface area contributed by atoms with Gasteiger partial charge in [0.1, 0.15) is 0 Å². The van der Waals surface area contributed by atoms with Gasteiger partial charge in [-0.05, 0) is 24.3 Å². The molecule has 2 rings (SSSR count). The molecule has 0 aliphatic carbocycles. The summed E-state index contributed by atoms with van der Waals surface area (Å²) < 4.78 is 0. The zero-order valence-corrected chi connectivity index (χ0v) is 9.53. The number of hydrogen-bond donors (Lipinski definition) is 0. The Bertz CT molecular complexity index is 439. The number of hydrogen-bond acceptors (Lipinski definition) is 2. The van der Waals surface area contributed by atoms with Gasteiger partial charge in [-0.1, -0.05) is 36.4 Å². The van der Waals surface area contributed by atoms with Crippen molar-refractivity contribution in [1.82, 2.24) is 0 Å². The highest BCUT2D eigenvalue weighted by Crippen LogP contribution is 2.09. The number of rotatable bonds is 4. The molecule has 0 saturated carbocycles. The minimum atomic E-state index is 0.740. The Kier molecular flexibility index (Phi) is 4.23. The first-order valence-corrected chi connectivity index (χ1v) is 5.60. The average molecular weight is 222 g/mol. The van der Waals surface area contributed by atoms with Crippen molar-refractivity contribution in [1.29, 1.82) is 0 Å². The molecule has 17 heavy (non-hydrogen) atoms. The van der Waals surface area contributed by atoms with E-state index < -0.39 is 0 Å². The van der Waals surface area contributed by atoms with Crippen LogP contribution in [0.3, 0.4) is 0 Å². The molecule has 0 fully saturated rings. The fourth-order valence-corrected chi connectivity index (χ4v) is 1.39. The van der Waals surface area contributed by atoms with Crippen LogP contribution in [0.1, 0.15) is 6.42 Å². The van der Waals surface area contributed by atoms with Gasteiger partial charge < -0.3 is 0 Å². The van der Waals surface area contributed by atoms with E-state index in [1.165, 1.54) is 0 Å². The van der Waals surface area contributed by atoms with Crippen molar-refractivity contribution in [2.24, 2.45) is 9.98 Å². The lowest BCUT2D eigenvalue weighted by atomic mass is 10.3. The molecule has 0 aliphatic rings. The molecule has 2 aromatic rings. The zero-order valence-electron chi connectivity index (χ0n) is 9.53. The first kappa shape index (κ1) is 11.3. The van der Waals surface area contributed by atoms with Crippen molar-refractivity contribution in [2.75, 3.05) is 0 Å². The van der Waals surface area contributed by atoms with Crippen LogP contribution in [0, 0.1) is 0 Å². The van der Waals surface area contributed by atoms with Crippen LogP contribution in [0.5, 0.6) is 0 Å². The molecule has 0 bridgehead atoms. The summed E-state index contributed by atoms with van der Waals surface area (Å²) in [5, 5.41) is 0. The molecular weight excluding hydrogens is 208 g/mol. The van der Waals surface area contributed by atoms with E-state index in [1.54, 1.807) is 0 Å². The Hall–Kier alpha value is -2.22. The van der Waals surface area contributed by atoms with Crippen molar-refractivity contribution in [3.05, 3.63) is 60.7 Å². The normalized spacial score (nSPS) is 11.3. The summed E-state index contributed by atoms with van der Waals surface area (Å²) in [6, 6.07) is 19.8. The van der Waals surface area contributed by atoms with Crippen molar-refractivity contribution in [2.45, 2.75) is 6.42 Å². The fourth-order valence-electron chi connectivity index (χ4n) is 1.39. The summed E-state index contributed by atoms with van der Waals surface area (Å²) in [6.45, 7) is 0. The maximum absolute atomic E-state index is 4.32. The molecule has 0 aliphatic heterocycles. The lowest BCUT2D eigenvalue weighted by Gasteiger charge is -1.91. The predicted molar refractivity (Wildman–Crippen MR) is 73.8 cm³/mol. The third kappa shape index (κ3) is 4.03. The van der Waals surface area contributed by atoms with E-state index in [0.717, 1.165) is 17.8 Å². The number of nitrogens with zero attached hydrogens (tertiary/aromatic N) is 2. The molecule has 0 atom stereocenters. The third-order valence-corrected chi connectivity index (χ3v) is 2.20. The van der Waals surface area contributed by atoms with Crippen LogP contribution in [0.4, 0.5) is 11.4 Å². The Labute approximate surface area is 101 Å². The summed E-state index contributed by atoms with van der Waals surface area (Å²) >= 11 is 0. The average Bonchev–Trinajstić information content (AvgIpc) is 2.41. The molecule has 0 heterocycles. The highest BCUT2D eigenvalue weighted by Gasteiger charge is 1.84. The second-order valence-corrected chi connectivity index (χ2v) is 3.53. The van der Waals surface area contributed by atoms with Gasteiger partial charge in [-0.15, -0.1) is 0 Å². The monoisotopic (exact) mass is 222 g/mol.